The average Bonchev–Trinajstić information content (AvgIpc) is 2.14. The fraction of sp³-hybridized carbons (Fsp3) is 0.250. The first-order valence-electron chi connectivity index (χ1n) is 3.87. The normalized spacial score (nSPS) is 10.4. The minimum atomic E-state index is -2.58. The van der Waals surface area contributed by atoms with Gasteiger partial charge in [-0.25, -0.2) is 13.8 Å². The third-order valence-corrected chi connectivity index (χ3v) is 1.71. The fourth-order valence-corrected chi connectivity index (χ4v) is 1.09. The van der Waals surface area contributed by atoms with E-state index in [1.165, 1.54) is 6.07 Å². The van der Waals surface area contributed by atoms with Crippen molar-refractivity contribution in [2.24, 2.45) is 5.73 Å². The Balaban J connectivity index is 2.78. The van der Waals surface area contributed by atoms with Crippen LogP contribution in [0.3, 0.4) is 0 Å². The van der Waals surface area contributed by atoms with Gasteiger partial charge in [-0.3, -0.25) is 4.79 Å². The van der Waals surface area contributed by atoms with Crippen molar-refractivity contribution in [1.29, 1.82) is 0 Å². The van der Waals surface area contributed by atoms with E-state index in [1.54, 1.807) is 0 Å². The van der Waals surface area contributed by atoms with Crippen molar-refractivity contribution >= 4 is 17.5 Å². The maximum absolute atomic E-state index is 11.8. The highest BCUT2D eigenvalue weighted by atomic mass is 35.5. The predicted molar refractivity (Wildman–Crippen MR) is 49.3 cm³/mol. The maximum atomic E-state index is 11.8. The van der Waals surface area contributed by atoms with Gasteiger partial charge in [0.15, 0.2) is 0 Å². The number of hydrogen-bond acceptors (Lipinski definition) is 3. The quantitative estimate of drug-likeness (QED) is 0.861. The largest absolute Gasteiger partial charge is 0.486 e. The van der Waals surface area contributed by atoms with E-state index in [1.807, 2.05) is 0 Å². The van der Waals surface area contributed by atoms with Crippen LogP contribution in [-0.2, 0) is 0 Å². The van der Waals surface area contributed by atoms with Crippen molar-refractivity contribution in [2.75, 3.05) is 6.61 Å². The van der Waals surface area contributed by atoms with Crippen LogP contribution in [0.25, 0.3) is 0 Å². The minimum absolute atomic E-state index is 0.0331. The molecule has 0 fully saturated rings. The van der Waals surface area contributed by atoms with Crippen LogP contribution >= 0.6 is 11.6 Å². The molecule has 0 spiro atoms. The number of nitrogens with zero attached hydrogens (tertiary/aromatic N) is 1. The van der Waals surface area contributed by atoms with E-state index in [4.69, 9.17) is 17.3 Å². The van der Waals surface area contributed by atoms with Crippen LogP contribution in [0.5, 0.6) is 5.75 Å². The van der Waals surface area contributed by atoms with Gasteiger partial charge in [0.1, 0.15) is 18.1 Å². The zero-order chi connectivity index (χ0) is 11.4. The van der Waals surface area contributed by atoms with E-state index in [9.17, 15) is 13.6 Å². The third-order valence-electron chi connectivity index (χ3n) is 1.43. The summed E-state index contributed by atoms with van der Waals surface area (Å²) in [6.07, 6.45) is -1.48. The van der Waals surface area contributed by atoms with Gasteiger partial charge in [0.2, 0.25) is 0 Å². The zero-order valence-electron chi connectivity index (χ0n) is 7.41. The van der Waals surface area contributed by atoms with Gasteiger partial charge in [-0.05, 0) is 0 Å². The summed E-state index contributed by atoms with van der Waals surface area (Å²) < 4.78 is 28.2. The Bertz CT molecular complexity index is 374. The fourth-order valence-electron chi connectivity index (χ4n) is 0.840. The Morgan fingerprint density at radius 1 is 1.67 bits per heavy atom. The number of alkyl halides is 2. The van der Waals surface area contributed by atoms with Crippen LogP contribution in [0.15, 0.2) is 12.3 Å². The van der Waals surface area contributed by atoms with Crippen molar-refractivity contribution < 1.29 is 18.3 Å². The third kappa shape index (κ3) is 3.32. The lowest BCUT2D eigenvalue weighted by Gasteiger charge is -2.06. The van der Waals surface area contributed by atoms with Crippen LogP contribution in [0.4, 0.5) is 8.78 Å². The van der Waals surface area contributed by atoms with E-state index < -0.39 is 18.9 Å². The summed E-state index contributed by atoms with van der Waals surface area (Å²) >= 11 is 5.61. The predicted octanol–water partition coefficient (Wildman–Crippen LogP) is 1.48. The van der Waals surface area contributed by atoms with Gasteiger partial charge in [0, 0.05) is 6.07 Å². The molecular weight excluding hydrogens is 230 g/mol. The molecule has 1 rings (SSSR count). The molecule has 15 heavy (non-hydrogen) atoms. The van der Waals surface area contributed by atoms with Crippen molar-refractivity contribution in [3.63, 3.8) is 0 Å². The van der Waals surface area contributed by atoms with E-state index in [-0.39, 0.29) is 16.5 Å². The Labute approximate surface area is 89.0 Å². The van der Waals surface area contributed by atoms with Crippen molar-refractivity contribution in [2.45, 2.75) is 6.43 Å². The number of nitrogens with two attached hydrogens (primary N) is 1. The summed E-state index contributed by atoms with van der Waals surface area (Å²) in [5, 5.41) is -0.0331. The standard InChI is InChI=1S/C8H7ClF2N2O2/c9-5-1-4(15-3-6(10)11)2-13-7(5)8(12)14/h1-2,6H,3H2,(H2,12,14). The van der Waals surface area contributed by atoms with Gasteiger partial charge in [-0.2, -0.15) is 0 Å². The number of primary amides is 1. The SMILES string of the molecule is NC(=O)c1ncc(OCC(F)F)cc1Cl. The van der Waals surface area contributed by atoms with Gasteiger partial charge in [0.05, 0.1) is 11.2 Å². The first kappa shape index (κ1) is 11.6. The molecule has 1 aromatic heterocycles. The average molecular weight is 237 g/mol. The minimum Gasteiger partial charge on any atom is -0.486 e. The number of ether oxygens (including phenoxy) is 1. The monoisotopic (exact) mass is 236 g/mol. The van der Waals surface area contributed by atoms with Gasteiger partial charge in [0.25, 0.3) is 12.3 Å². The highest BCUT2D eigenvalue weighted by Crippen LogP contribution is 2.20. The maximum Gasteiger partial charge on any atom is 0.272 e. The first-order valence-corrected chi connectivity index (χ1v) is 4.25. The molecular formula is C8H7ClF2N2O2. The summed E-state index contributed by atoms with van der Waals surface area (Å²) in [5.74, 6) is -0.731. The van der Waals surface area contributed by atoms with E-state index in [0.29, 0.717) is 0 Å². The Kier molecular flexibility index (Phi) is 3.79. The van der Waals surface area contributed by atoms with Gasteiger partial charge < -0.3 is 10.5 Å². The molecule has 0 unspecified atom stereocenters. The lowest BCUT2D eigenvalue weighted by atomic mass is 10.3. The van der Waals surface area contributed by atoms with Crippen LogP contribution < -0.4 is 10.5 Å². The van der Waals surface area contributed by atoms with E-state index in [2.05, 4.69) is 9.72 Å². The Morgan fingerprint density at radius 3 is 2.80 bits per heavy atom. The highest BCUT2D eigenvalue weighted by molar-refractivity contribution is 6.33. The number of pyridine rings is 1. The lowest BCUT2D eigenvalue weighted by molar-refractivity contribution is 0.0816. The zero-order valence-corrected chi connectivity index (χ0v) is 8.17. The smallest absolute Gasteiger partial charge is 0.272 e. The summed E-state index contributed by atoms with van der Waals surface area (Å²) in [6, 6.07) is 1.21. The van der Waals surface area contributed by atoms with Crippen molar-refractivity contribution in [1.82, 2.24) is 4.98 Å². The molecule has 0 aromatic carbocycles. The number of amides is 1. The molecule has 1 aromatic rings. The van der Waals surface area contributed by atoms with Crippen LogP contribution in [0, 0.1) is 0 Å². The van der Waals surface area contributed by atoms with Crippen molar-refractivity contribution in [3.8, 4) is 5.75 Å². The van der Waals surface area contributed by atoms with Gasteiger partial charge in [-0.15, -0.1) is 0 Å². The summed E-state index contributed by atoms with van der Waals surface area (Å²) in [4.78, 5) is 14.3. The van der Waals surface area contributed by atoms with Gasteiger partial charge >= 0.3 is 0 Å². The second-order valence-electron chi connectivity index (χ2n) is 2.57. The topological polar surface area (TPSA) is 65.2 Å². The Hall–Kier alpha value is -1.43. The summed E-state index contributed by atoms with van der Waals surface area (Å²) in [5.41, 5.74) is 4.82. The molecule has 0 atom stereocenters. The molecule has 0 bridgehead atoms. The molecule has 0 saturated carbocycles. The number of rotatable bonds is 4. The molecule has 1 amide bonds. The number of hydrogen-bond donors (Lipinski definition) is 1. The molecule has 0 saturated heterocycles. The highest BCUT2D eigenvalue weighted by Gasteiger charge is 2.10. The molecule has 2 N–H and O–H groups in total. The molecule has 0 aliphatic carbocycles. The Morgan fingerprint density at radius 2 is 2.33 bits per heavy atom. The molecule has 1 heterocycles. The molecule has 4 nitrogen and oxygen atoms in total. The van der Waals surface area contributed by atoms with E-state index >= 15 is 0 Å². The summed E-state index contributed by atoms with van der Waals surface area (Å²) in [7, 11) is 0. The molecule has 0 radical (unpaired) electrons. The lowest BCUT2D eigenvalue weighted by Crippen LogP contribution is -2.14. The second kappa shape index (κ2) is 4.88. The molecule has 0 aliphatic rings. The first-order chi connectivity index (χ1) is 7.00. The van der Waals surface area contributed by atoms with Gasteiger partial charge in [-0.1, -0.05) is 11.6 Å². The van der Waals surface area contributed by atoms with Crippen LogP contribution in [-0.4, -0.2) is 23.9 Å². The number of aromatic nitrogens is 1. The molecule has 7 heteroatoms. The van der Waals surface area contributed by atoms with Crippen LogP contribution in [0.1, 0.15) is 10.5 Å². The second-order valence-corrected chi connectivity index (χ2v) is 2.97. The van der Waals surface area contributed by atoms with E-state index in [0.717, 1.165) is 6.20 Å². The summed E-state index contributed by atoms with van der Waals surface area (Å²) in [6.45, 7) is -0.756. The number of carbonyl (C=O) groups is 1. The van der Waals surface area contributed by atoms with Crippen LogP contribution in [0.2, 0.25) is 5.02 Å². The van der Waals surface area contributed by atoms with Crippen molar-refractivity contribution in [3.05, 3.63) is 23.0 Å². The molecule has 0 aliphatic heterocycles. The molecule has 82 valence electrons. The number of carbonyl (C=O) groups excluding carboxylic acids is 1. The number of halogens is 3.